The van der Waals surface area contributed by atoms with E-state index in [1.165, 1.54) is 193 Å². The molecule has 0 heterocycles. The number of allylic oxidation sites excluding steroid dienone is 1. The van der Waals surface area contributed by atoms with Gasteiger partial charge in [0.2, 0.25) is 0 Å². The maximum atomic E-state index is 10.1. The molecule has 6 saturated carbocycles. The Morgan fingerprint density at radius 1 is 0.420 bits per heavy atom. The van der Waals surface area contributed by atoms with Crippen LogP contribution in [-0.4, -0.2) is 34.0 Å². The van der Waals surface area contributed by atoms with E-state index in [9.17, 15) is 22.5 Å². The van der Waals surface area contributed by atoms with E-state index in [0.717, 1.165) is 0 Å². The summed E-state index contributed by atoms with van der Waals surface area (Å²) >= 11 is 20.3. The molecule has 7 rings (SSSR count). The fraction of sp³-hybridized carbons (Fsp3) is 0.822. The molecule has 0 nitrogen and oxygen atoms in total. The fourth-order valence-corrected chi connectivity index (χ4v) is 47.2. The van der Waals surface area contributed by atoms with Gasteiger partial charge in [0.05, 0.1) is 0 Å². The summed E-state index contributed by atoms with van der Waals surface area (Å²) in [6.07, 6.45) is 44.0. The standard InChI is InChI=1S/C45H74Cl2P2.Ru/c1-2-45(38-24-10-3-11-25-38,48(46,39-26-12-4-13-27-39,40-28-14-5-15-29-40)41-30-16-6-17-31-41)49(47,42-32-18-7-19-33-42,43-34-20-8-21-35-43)44-36-22-9-23-37-44;/h2-3,10-11,24-25,39-44H,1,4-9,12-23,26-37H2;. The molecule has 0 saturated heterocycles. The van der Waals surface area contributed by atoms with Gasteiger partial charge in [0.25, 0.3) is 0 Å². The molecule has 0 spiro atoms. The van der Waals surface area contributed by atoms with Gasteiger partial charge in [-0.3, -0.25) is 0 Å². The Kier molecular flexibility index (Phi) is 13.9. The molecule has 6 fully saturated rings. The maximum absolute atomic E-state index is 10.1. The zero-order chi connectivity index (χ0) is 33.9. The first kappa shape index (κ1) is 40.7. The first-order chi connectivity index (χ1) is 24.0. The third kappa shape index (κ3) is 5.93. The van der Waals surface area contributed by atoms with Gasteiger partial charge in [-0.05, 0) is 0 Å². The van der Waals surface area contributed by atoms with E-state index in [0.29, 0.717) is 34.0 Å². The Bertz CT molecular complexity index is 1050. The molecule has 0 atom stereocenters. The van der Waals surface area contributed by atoms with Crippen LogP contribution >= 0.6 is 34.4 Å². The van der Waals surface area contributed by atoms with E-state index >= 15 is 0 Å². The number of benzene rings is 1. The van der Waals surface area contributed by atoms with Crippen molar-refractivity contribution in [2.75, 3.05) is 0 Å². The third-order valence-corrected chi connectivity index (χ3v) is 42.5. The molecular weight excluding hydrogens is 774 g/mol. The average Bonchev–Trinajstić information content (AvgIpc) is 3.20. The Hall–Kier alpha value is 1.02. The Morgan fingerprint density at radius 3 is 0.840 bits per heavy atom. The van der Waals surface area contributed by atoms with Gasteiger partial charge < -0.3 is 0 Å². The van der Waals surface area contributed by atoms with Gasteiger partial charge in [0, 0.05) is 19.5 Å². The molecule has 5 heteroatoms. The van der Waals surface area contributed by atoms with Crippen LogP contribution in [0.15, 0.2) is 43.0 Å². The molecule has 286 valence electrons. The van der Waals surface area contributed by atoms with Crippen LogP contribution in [0, 0.1) is 0 Å². The number of rotatable bonds is 10. The Balaban J connectivity index is 0.00000432. The maximum Gasteiger partial charge on any atom is 0 e. The van der Waals surface area contributed by atoms with Crippen molar-refractivity contribution in [2.24, 2.45) is 0 Å². The van der Waals surface area contributed by atoms with Gasteiger partial charge in [0.1, 0.15) is 0 Å². The van der Waals surface area contributed by atoms with Gasteiger partial charge in [-0.2, -0.15) is 0 Å². The summed E-state index contributed by atoms with van der Waals surface area (Å²) in [5, 5.41) is 0. The summed E-state index contributed by atoms with van der Waals surface area (Å²) in [6.45, 7) is 5.30. The van der Waals surface area contributed by atoms with Crippen molar-refractivity contribution in [2.45, 2.75) is 231 Å². The molecule has 6 aliphatic rings. The first-order valence-corrected chi connectivity index (χ1v) is 28.8. The monoisotopic (exact) mass is 848 g/mol. The molecule has 0 bridgehead atoms. The Morgan fingerprint density at radius 2 is 0.640 bits per heavy atom. The molecule has 1 aromatic carbocycles. The van der Waals surface area contributed by atoms with E-state index in [-0.39, 0.29) is 24.4 Å². The smallest absolute Gasteiger partial charge is 0 e. The quantitative estimate of drug-likeness (QED) is 0.125. The second kappa shape index (κ2) is 17.0. The third-order valence-electron chi connectivity index (χ3n) is 16.8. The van der Waals surface area contributed by atoms with E-state index in [1.54, 1.807) is 5.56 Å². The van der Waals surface area contributed by atoms with Gasteiger partial charge in [-0.1, -0.05) is 0 Å². The fourth-order valence-electron chi connectivity index (χ4n) is 15.3. The number of hydrogen-bond donors (Lipinski definition) is 0. The van der Waals surface area contributed by atoms with Crippen LogP contribution in [0.4, 0.5) is 0 Å². The van der Waals surface area contributed by atoms with Gasteiger partial charge in [0.15, 0.2) is 0 Å². The second-order valence-electron chi connectivity index (χ2n) is 18.5. The van der Waals surface area contributed by atoms with E-state index in [1.807, 2.05) is 0 Å². The average molecular weight is 849 g/mol. The van der Waals surface area contributed by atoms with Crippen molar-refractivity contribution in [1.82, 2.24) is 0 Å². The molecule has 0 aromatic heterocycles. The summed E-state index contributed by atoms with van der Waals surface area (Å²) in [5.74, 6) is -6.71. The summed E-state index contributed by atoms with van der Waals surface area (Å²) in [5.41, 5.74) is 5.44. The molecular formula is C45H74Cl2P2Ru. The van der Waals surface area contributed by atoms with Gasteiger partial charge in [-0.25, -0.2) is 0 Å². The molecule has 0 aliphatic heterocycles. The summed E-state index contributed by atoms with van der Waals surface area (Å²) in [4.78, 5) is -0.264. The van der Waals surface area contributed by atoms with Gasteiger partial charge in [-0.15, -0.1) is 0 Å². The molecule has 1 aromatic rings. The summed E-state index contributed by atoms with van der Waals surface area (Å²) in [6, 6.07) is 12.4. The van der Waals surface area contributed by atoms with Crippen molar-refractivity contribution >= 4 is 34.4 Å². The van der Waals surface area contributed by atoms with E-state index in [4.69, 9.17) is 6.58 Å². The van der Waals surface area contributed by atoms with Crippen LogP contribution < -0.4 is 0 Å². The van der Waals surface area contributed by atoms with Crippen LogP contribution in [-0.2, 0) is 24.4 Å². The SMILES string of the molecule is C=CC(c1ccccc1)(P(Cl)(C1CCCCC1)(C1CCCCC1)C1CCCCC1)P(Cl)(C1CCCCC1)(C1CCCCC1)C1CCCCC1.[Ru]. The Labute approximate surface area is 331 Å². The van der Waals surface area contributed by atoms with Crippen molar-refractivity contribution in [3.63, 3.8) is 0 Å². The largest absolute Gasteiger partial charge is 0 e. The zero-order valence-electron chi connectivity index (χ0n) is 31.9. The normalized spacial score (nSPS) is 28.3. The van der Waals surface area contributed by atoms with Gasteiger partial charge >= 0.3 is 314 Å². The number of halogens is 2. The van der Waals surface area contributed by atoms with Crippen molar-refractivity contribution in [3.05, 3.63) is 48.6 Å². The van der Waals surface area contributed by atoms with E-state index in [2.05, 4.69) is 36.4 Å². The minimum Gasteiger partial charge on any atom is 0 e. The molecule has 0 N–H and O–H groups in total. The molecule has 0 amide bonds. The molecule has 6 aliphatic carbocycles. The van der Waals surface area contributed by atoms with Crippen molar-refractivity contribution < 1.29 is 19.5 Å². The van der Waals surface area contributed by atoms with Crippen LogP contribution in [0.25, 0.3) is 0 Å². The predicted octanol–water partition coefficient (Wildman–Crippen LogP) is 16.4. The summed E-state index contributed by atoms with van der Waals surface area (Å²) < 4.78 is 0. The van der Waals surface area contributed by atoms with E-state index < -0.39 is 11.9 Å². The first-order valence-electron chi connectivity index (χ1n) is 22.1. The molecule has 50 heavy (non-hydrogen) atoms. The zero-order valence-corrected chi connectivity index (χ0v) is 36.9. The minimum atomic E-state index is -3.36. The summed E-state index contributed by atoms with van der Waals surface area (Å²) in [7, 11) is 0. The van der Waals surface area contributed by atoms with Crippen LogP contribution in [0.5, 0.6) is 0 Å². The van der Waals surface area contributed by atoms with Crippen molar-refractivity contribution in [1.29, 1.82) is 0 Å². The van der Waals surface area contributed by atoms with Crippen LogP contribution in [0.2, 0.25) is 0 Å². The topological polar surface area (TPSA) is 0 Å². The predicted molar refractivity (Wildman–Crippen MR) is 225 cm³/mol. The molecule has 0 radical (unpaired) electrons. The van der Waals surface area contributed by atoms with Crippen LogP contribution in [0.1, 0.15) is 198 Å². The van der Waals surface area contributed by atoms with Crippen LogP contribution in [0.3, 0.4) is 0 Å². The second-order valence-corrected chi connectivity index (χ2v) is 34.0. The van der Waals surface area contributed by atoms with Crippen molar-refractivity contribution in [3.8, 4) is 0 Å². The minimum absolute atomic E-state index is 0. The molecule has 0 unspecified atom stereocenters. The number of hydrogen-bond acceptors (Lipinski definition) is 0.